The molecule has 0 spiro atoms. The SMILES string of the molecule is Cc1cc(C(=O)NCC(N)c2ccccc2)nn1C.Cl. The van der Waals surface area contributed by atoms with Gasteiger partial charge in [-0.05, 0) is 18.6 Å². The number of hydrogen-bond donors (Lipinski definition) is 2. The minimum absolute atomic E-state index is 0. The number of nitrogens with two attached hydrogens (primary N) is 1. The fraction of sp³-hybridized carbons (Fsp3) is 0.286. The lowest BCUT2D eigenvalue weighted by Crippen LogP contribution is -2.32. The lowest BCUT2D eigenvalue weighted by Gasteiger charge is -2.12. The molecule has 20 heavy (non-hydrogen) atoms. The Labute approximate surface area is 124 Å². The highest BCUT2D eigenvalue weighted by Crippen LogP contribution is 2.08. The van der Waals surface area contributed by atoms with E-state index in [0.29, 0.717) is 12.2 Å². The van der Waals surface area contributed by atoms with E-state index in [-0.39, 0.29) is 24.4 Å². The molecule has 0 bridgehead atoms. The van der Waals surface area contributed by atoms with Crippen LogP contribution in [0, 0.1) is 6.92 Å². The molecule has 6 heteroatoms. The molecule has 1 amide bonds. The number of carbonyl (C=O) groups excluding carboxylic acids is 1. The molecule has 0 saturated carbocycles. The van der Waals surface area contributed by atoms with Crippen LogP contribution in [0.3, 0.4) is 0 Å². The van der Waals surface area contributed by atoms with Gasteiger partial charge in [0, 0.05) is 25.3 Å². The molecule has 108 valence electrons. The van der Waals surface area contributed by atoms with E-state index in [1.807, 2.05) is 44.3 Å². The van der Waals surface area contributed by atoms with Crippen molar-refractivity contribution >= 4 is 18.3 Å². The summed E-state index contributed by atoms with van der Waals surface area (Å²) >= 11 is 0. The summed E-state index contributed by atoms with van der Waals surface area (Å²) in [6.07, 6.45) is 0. The van der Waals surface area contributed by atoms with Gasteiger partial charge in [-0.3, -0.25) is 9.48 Å². The summed E-state index contributed by atoms with van der Waals surface area (Å²) in [5.41, 5.74) is 8.38. The summed E-state index contributed by atoms with van der Waals surface area (Å²) in [7, 11) is 1.81. The first-order valence-corrected chi connectivity index (χ1v) is 6.17. The number of aryl methyl sites for hydroxylation is 2. The Bertz CT molecular complexity index is 548. The topological polar surface area (TPSA) is 72.9 Å². The summed E-state index contributed by atoms with van der Waals surface area (Å²) in [6.45, 7) is 2.29. The number of nitrogens with one attached hydrogen (secondary N) is 1. The van der Waals surface area contributed by atoms with Crippen LogP contribution < -0.4 is 11.1 Å². The van der Waals surface area contributed by atoms with Crippen LogP contribution in [0.2, 0.25) is 0 Å². The summed E-state index contributed by atoms with van der Waals surface area (Å²) < 4.78 is 1.67. The van der Waals surface area contributed by atoms with E-state index in [2.05, 4.69) is 10.4 Å². The molecule has 1 aromatic heterocycles. The van der Waals surface area contributed by atoms with Gasteiger partial charge in [-0.1, -0.05) is 30.3 Å². The van der Waals surface area contributed by atoms with Crippen LogP contribution in [-0.2, 0) is 7.05 Å². The molecule has 5 nitrogen and oxygen atoms in total. The van der Waals surface area contributed by atoms with Crippen molar-refractivity contribution in [3.8, 4) is 0 Å². The fourth-order valence-corrected chi connectivity index (χ4v) is 1.78. The number of aromatic nitrogens is 2. The molecule has 1 heterocycles. The molecule has 3 N–H and O–H groups in total. The van der Waals surface area contributed by atoms with Crippen LogP contribution in [0.15, 0.2) is 36.4 Å². The van der Waals surface area contributed by atoms with Gasteiger partial charge in [-0.15, -0.1) is 12.4 Å². The number of benzene rings is 1. The predicted octanol–water partition coefficient (Wildman–Crippen LogP) is 1.58. The van der Waals surface area contributed by atoms with Crippen LogP contribution in [-0.4, -0.2) is 22.2 Å². The van der Waals surface area contributed by atoms with Crippen molar-refractivity contribution < 1.29 is 4.79 Å². The Morgan fingerprint density at radius 1 is 1.40 bits per heavy atom. The van der Waals surface area contributed by atoms with Gasteiger partial charge in [0.1, 0.15) is 5.69 Å². The molecular formula is C14H19ClN4O. The summed E-state index contributed by atoms with van der Waals surface area (Å²) in [4.78, 5) is 11.9. The van der Waals surface area contributed by atoms with Crippen LogP contribution >= 0.6 is 12.4 Å². The van der Waals surface area contributed by atoms with Gasteiger partial charge in [0.2, 0.25) is 0 Å². The van der Waals surface area contributed by atoms with Crippen molar-refractivity contribution in [3.05, 3.63) is 53.3 Å². The fourth-order valence-electron chi connectivity index (χ4n) is 1.78. The zero-order valence-corrected chi connectivity index (χ0v) is 12.4. The third kappa shape index (κ3) is 3.82. The number of rotatable bonds is 4. The van der Waals surface area contributed by atoms with E-state index in [1.165, 1.54) is 0 Å². The second-order valence-corrected chi connectivity index (χ2v) is 4.52. The monoisotopic (exact) mass is 294 g/mol. The van der Waals surface area contributed by atoms with Gasteiger partial charge < -0.3 is 11.1 Å². The van der Waals surface area contributed by atoms with Gasteiger partial charge in [0.15, 0.2) is 0 Å². The van der Waals surface area contributed by atoms with E-state index in [1.54, 1.807) is 10.7 Å². The van der Waals surface area contributed by atoms with E-state index in [4.69, 9.17) is 5.73 Å². The van der Waals surface area contributed by atoms with Crippen LogP contribution in [0.1, 0.15) is 27.8 Å². The van der Waals surface area contributed by atoms with Crippen molar-refractivity contribution in [3.63, 3.8) is 0 Å². The third-order valence-electron chi connectivity index (χ3n) is 3.06. The van der Waals surface area contributed by atoms with Gasteiger partial charge in [0.25, 0.3) is 5.91 Å². The van der Waals surface area contributed by atoms with Gasteiger partial charge in [-0.25, -0.2) is 0 Å². The lowest BCUT2D eigenvalue weighted by atomic mass is 10.1. The van der Waals surface area contributed by atoms with E-state index < -0.39 is 0 Å². The van der Waals surface area contributed by atoms with Crippen molar-refractivity contribution in [1.82, 2.24) is 15.1 Å². The lowest BCUT2D eigenvalue weighted by molar-refractivity contribution is 0.0945. The average molecular weight is 295 g/mol. The molecule has 1 atom stereocenters. The Balaban J connectivity index is 0.00000200. The van der Waals surface area contributed by atoms with Crippen LogP contribution in [0.5, 0.6) is 0 Å². The molecule has 1 aromatic carbocycles. The Morgan fingerprint density at radius 3 is 2.60 bits per heavy atom. The highest BCUT2D eigenvalue weighted by atomic mass is 35.5. The molecule has 2 aromatic rings. The molecule has 0 aliphatic carbocycles. The second kappa shape index (κ2) is 7.07. The number of amides is 1. The van der Waals surface area contributed by atoms with Gasteiger partial charge >= 0.3 is 0 Å². The largest absolute Gasteiger partial charge is 0.349 e. The van der Waals surface area contributed by atoms with E-state index >= 15 is 0 Å². The highest BCUT2D eigenvalue weighted by molar-refractivity contribution is 5.92. The van der Waals surface area contributed by atoms with Crippen molar-refractivity contribution in [2.45, 2.75) is 13.0 Å². The van der Waals surface area contributed by atoms with E-state index in [9.17, 15) is 4.79 Å². The average Bonchev–Trinajstić information content (AvgIpc) is 2.77. The molecular weight excluding hydrogens is 276 g/mol. The Kier molecular flexibility index (Phi) is 5.73. The maximum Gasteiger partial charge on any atom is 0.271 e. The summed E-state index contributed by atoms with van der Waals surface area (Å²) in [5.74, 6) is -0.199. The minimum atomic E-state index is -0.213. The Morgan fingerprint density at radius 2 is 2.05 bits per heavy atom. The zero-order valence-electron chi connectivity index (χ0n) is 11.5. The number of nitrogens with zero attached hydrogens (tertiary/aromatic N) is 2. The summed E-state index contributed by atoms with van der Waals surface area (Å²) in [5, 5.41) is 6.92. The van der Waals surface area contributed by atoms with Crippen molar-refractivity contribution in [1.29, 1.82) is 0 Å². The second-order valence-electron chi connectivity index (χ2n) is 4.52. The minimum Gasteiger partial charge on any atom is -0.349 e. The number of carbonyl (C=O) groups is 1. The highest BCUT2D eigenvalue weighted by Gasteiger charge is 2.12. The number of hydrogen-bond acceptors (Lipinski definition) is 3. The molecule has 0 fully saturated rings. The molecule has 0 radical (unpaired) electrons. The third-order valence-corrected chi connectivity index (χ3v) is 3.06. The predicted molar refractivity (Wildman–Crippen MR) is 80.9 cm³/mol. The van der Waals surface area contributed by atoms with E-state index in [0.717, 1.165) is 11.3 Å². The number of halogens is 1. The molecule has 1 unspecified atom stereocenters. The first-order valence-electron chi connectivity index (χ1n) is 6.17. The maximum absolute atomic E-state index is 11.9. The van der Waals surface area contributed by atoms with Crippen molar-refractivity contribution in [2.24, 2.45) is 12.8 Å². The van der Waals surface area contributed by atoms with Crippen LogP contribution in [0.4, 0.5) is 0 Å². The maximum atomic E-state index is 11.9. The normalized spacial score (nSPS) is 11.6. The quantitative estimate of drug-likeness (QED) is 0.899. The molecule has 2 rings (SSSR count). The molecule has 0 saturated heterocycles. The van der Waals surface area contributed by atoms with Gasteiger partial charge in [0.05, 0.1) is 0 Å². The smallest absolute Gasteiger partial charge is 0.271 e. The standard InChI is InChI=1S/C14H18N4O.ClH/c1-10-8-13(17-18(10)2)14(19)16-9-12(15)11-6-4-3-5-7-11;/h3-8,12H,9,15H2,1-2H3,(H,16,19);1H. The van der Waals surface area contributed by atoms with Crippen LogP contribution in [0.25, 0.3) is 0 Å². The van der Waals surface area contributed by atoms with Gasteiger partial charge in [-0.2, -0.15) is 5.10 Å². The zero-order chi connectivity index (χ0) is 13.8. The molecule has 0 aliphatic rings. The Hall–Kier alpha value is -1.85. The first kappa shape index (κ1) is 16.2. The van der Waals surface area contributed by atoms with Crippen molar-refractivity contribution in [2.75, 3.05) is 6.54 Å². The molecule has 0 aliphatic heterocycles. The first-order chi connectivity index (χ1) is 9.08. The summed E-state index contributed by atoms with van der Waals surface area (Å²) in [6, 6.07) is 11.2.